The van der Waals surface area contributed by atoms with Gasteiger partial charge in [0.1, 0.15) is 5.54 Å². The highest BCUT2D eigenvalue weighted by atomic mass is 16.5. The fourth-order valence-corrected chi connectivity index (χ4v) is 3.04. The summed E-state index contributed by atoms with van der Waals surface area (Å²) in [6, 6.07) is 0.277. The summed E-state index contributed by atoms with van der Waals surface area (Å²) >= 11 is 0. The van der Waals surface area contributed by atoms with E-state index in [2.05, 4.69) is 24.2 Å². The Kier molecular flexibility index (Phi) is 7.63. The van der Waals surface area contributed by atoms with Crippen molar-refractivity contribution in [3.8, 4) is 0 Å². The van der Waals surface area contributed by atoms with E-state index in [9.17, 15) is 4.79 Å². The van der Waals surface area contributed by atoms with Crippen LogP contribution in [-0.4, -0.2) is 62.4 Å². The van der Waals surface area contributed by atoms with Crippen LogP contribution in [0.25, 0.3) is 0 Å². The zero-order valence-corrected chi connectivity index (χ0v) is 14.3. The third-order valence-corrected chi connectivity index (χ3v) is 4.42. The molecule has 0 aliphatic carbocycles. The summed E-state index contributed by atoms with van der Waals surface area (Å²) in [5.74, 6) is -0.196. The molecule has 0 saturated carbocycles. The van der Waals surface area contributed by atoms with E-state index in [1.807, 2.05) is 13.8 Å². The fourth-order valence-electron chi connectivity index (χ4n) is 3.04. The number of likely N-dealkylation sites (N-methyl/N-ethyl adjacent to an activating group) is 2. The number of carbonyl (C=O) groups excluding carboxylic acids is 1. The molecule has 0 aromatic rings. The second kappa shape index (κ2) is 8.71. The van der Waals surface area contributed by atoms with Gasteiger partial charge in [-0.3, -0.25) is 4.79 Å². The quantitative estimate of drug-likeness (QED) is 0.693. The van der Waals surface area contributed by atoms with Crippen LogP contribution < -0.4 is 5.32 Å². The van der Waals surface area contributed by atoms with Crippen molar-refractivity contribution in [2.45, 2.75) is 64.1 Å². The Morgan fingerprint density at radius 1 is 1.52 bits per heavy atom. The lowest BCUT2D eigenvalue weighted by molar-refractivity contribution is -0.148. The van der Waals surface area contributed by atoms with E-state index >= 15 is 0 Å². The minimum Gasteiger partial charge on any atom is -0.468 e. The number of nitrogens with zero attached hydrogens (tertiary/aromatic N) is 1. The number of nitrogens with one attached hydrogen (secondary N) is 1. The first kappa shape index (κ1) is 18.4. The molecule has 1 aliphatic heterocycles. The maximum absolute atomic E-state index is 12.0. The molecule has 0 aromatic heterocycles. The molecule has 5 heteroatoms. The van der Waals surface area contributed by atoms with Gasteiger partial charge in [-0.1, -0.05) is 6.92 Å². The van der Waals surface area contributed by atoms with Crippen LogP contribution in [0, 0.1) is 0 Å². The van der Waals surface area contributed by atoms with E-state index in [4.69, 9.17) is 9.47 Å². The van der Waals surface area contributed by atoms with Crippen LogP contribution in [0.3, 0.4) is 0 Å². The van der Waals surface area contributed by atoms with Gasteiger partial charge in [0.05, 0.1) is 13.2 Å². The second-order valence-corrected chi connectivity index (χ2v) is 6.34. The van der Waals surface area contributed by atoms with Gasteiger partial charge in [0.2, 0.25) is 0 Å². The molecule has 3 unspecified atom stereocenters. The molecule has 0 aromatic carbocycles. The van der Waals surface area contributed by atoms with Gasteiger partial charge in [0.25, 0.3) is 0 Å². The van der Waals surface area contributed by atoms with Gasteiger partial charge >= 0.3 is 5.97 Å². The Labute approximate surface area is 129 Å². The third kappa shape index (κ3) is 5.57. The van der Waals surface area contributed by atoms with Crippen molar-refractivity contribution in [2.24, 2.45) is 0 Å². The van der Waals surface area contributed by atoms with Crippen molar-refractivity contribution in [1.29, 1.82) is 0 Å². The lowest BCUT2D eigenvalue weighted by Gasteiger charge is -2.36. The minimum atomic E-state index is -0.634. The maximum atomic E-state index is 12.0. The Balaban J connectivity index is 2.54. The lowest BCUT2D eigenvalue weighted by atomic mass is 9.92. The van der Waals surface area contributed by atoms with Crippen molar-refractivity contribution in [3.63, 3.8) is 0 Å². The normalized spacial score (nSPS) is 23.6. The van der Waals surface area contributed by atoms with E-state index in [0.29, 0.717) is 6.10 Å². The number of esters is 1. The number of hydrogen-bond donors (Lipinski definition) is 1. The lowest BCUT2D eigenvalue weighted by Crippen LogP contribution is -2.54. The van der Waals surface area contributed by atoms with Gasteiger partial charge in [0, 0.05) is 19.2 Å². The van der Waals surface area contributed by atoms with Crippen molar-refractivity contribution in [1.82, 2.24) is 10.2 Å². The van der Waals surface area contributed by atoms with Gasteiger partial charge in [-0.25, -0.2) is 0 Å². The average Bonchev–Trinajstić information content (AvgIpc) is 2.47. The third-order valence-electron chi connectivity index (χ3n) is 4.42. The molecule has 1 fully saturated rings. The van der Waals surface area contributed by atoms with E-state index in [-0.39, 0.29) is 12.0 Å². The first-order valence-corrected chi connectivity index (χ1v) is 8.08. The molecule has 124 valence electrons. The first-order valence-electron chi connectivity index (χ1n) is 8.08. The van der Waals surface area contributed by atoms with Gasteiger partial charge in [-0.2, -0.15) is 0 Å². The zero-order chi connectivity index (χ0) is 15.9. The van der Waals surface area contributed by atoms with Gasteiger partial charge in [-0.15, -0.1) is 0 Å². The van der Waals surface area contributed by atoms with Crippen LogP contribution in [0.2, 0.25) is 0 Å². The summed E-state index contributed by atoms with van der Waals surface area (Å²) in [6.07, 6.45) is 4.62. The van der Waals surface area contributed by atoms with Crippen LogP contribution in [-0.2, 0) is 14.3 Å². The Bertz CT molecular complexity index is 319. The van der Waals surface area contributed by atoms with Crippen LogP contribution in [0.15, 0.2) is 0 Å². The van der Waals surface area contributed by atoms with Gasteiger partial charge < -0.3 is 19.7 Å². The molecule has 0 amide bonds. The standard InChI is InChI=1S/C16H32N2O3/c1-6-17-16(3,15(19)20-5)11-13(2)18(4)12-14-9-7-8-10-21-14/h13-14,17H,6-12H2,1-5H3. The van der Waals surface area contributed by atoms with E-state index in [1.165, 1.54) is 20.0 Å². The zero-order valence-electron chi connectivity index (χ0n) is 14.3. The van der Waals surface area contributed by atoms with E-state index in [1.54, 1.807) is 0 Å². The number of methoxy groups -OCH3 is 1. The summed E-state index contributed by atoms with van der Waals surface area (Å²) in [7, 11) is 3.55. The Morgan fingerprint density at radius 2 is 2.24 bits per heavy atom. The monoisotopic (exact) mass is 300 g/mol. The number of ether oxygens (including phenoxy) is 2. The van der Waals surface area contributed by atoms with Gasteiger partial charge in [0.15, 0.2) is 0 Å². The Morgan fingerprint density at radius 3 is 2.76 bits per heavy atom. The smallest absolute Gasteiger partial charge is 0.325 e. The predicted molar refractivity (Wildman–Crippen MR) is 84.4 cm³/mol. The molecule has 1 saturated heterocycles. The van der Waals surface area contributed by atoms with Crippen molar-refractivity contribution in [3.05, 3.63) is 0 Å². The van der Waals surface area contributed by atoms with Crippen LogP contribution in [0.1, 0.15) is 46.5 Å². The van der Waals surface area contributed by atoms with Crippen molar-refractivity contribution in [2.75, 3.05) is 33.9 Å². The summed E-state index contributed by atoms with van der Waals surface area (Å²) < 4.78 is 10.7. The van der Waals surface area contributed by atoms with Crippen LogP contribution in [0.5, 0.6) is 0 Å². The fraction of sp³-hybridized carbons (Fsp3) is 0.938. The first-order chi connectivity index (χ1) is 9.92. The second-order valence-electron chi connectivity index (χ2n) is 6.34. The van der Waals surface area contributed by atoms with Crippen molar-refractivity contribution < 1.29 is 14.3 Å². The molecule has 5 nitrogen and oxygen atoms in total. The topological polar surface area (TPSA) is 50.8 Å². The number of carbonyl (C=O) groups is 1. The summed E-state index contributed by atoms with van der Waals surface area (Å²) in [5.41, 5.74) is -0.634. The molecule has 21 heavy (non-hydrogen) atoms. The SMILES string of the molecule is CCNC(C)(CC(C)N(C)CC1CCCCO1)C(=O)OC. The highest BCUT2D eigenvalue weighted by Crippen LogP contribution is 2.20. The average molecular weight is 300 g/mol. The Hall–Kier alpha value is -0.650. The molecule has 0 bridgehead atoms. The maximum Gasteiger partial charge on any atom is 0.325 e. The molecule has 3 atom stereocenters. The molecular formula is C16H32N2O3. The molecule has 1 aliphatic rings. The molecule has 1 N–H and O–H groups in total. The number of hydrogen-bond acceptors (Lipinski definition) is 5. The molecule has 0 radical (unpaired) electrons. The van der Waals surface area contributed by atoms with Crippen LogP contribution in [0.4, 0.5) is 0 Å². The molecule has 1 heterocycles. The molecule has 0 spiro atoms. The van der Waals surface area contributed by atoms with E-state index < -0.39 is 5.54 Å². The van der Waals surface area contributed by atoms with E-state index in [0.717, 1.165) is 32.5 Å². The summed E-state index contributed by atoms with van der Waals surface area (Å²) in [6.45, 7) is 8.62. The van der Waals surface area contributed by atoms with Crippen LogP contribution >= 0.6 is 0 Å². The molecular weight excluding hydrogens is 268 g/mol. The largest absolute Gasteiger partial charge is 0.468 e. The van der Waals surface area contributed by atoms with Gasteiger partial charge in [-0.05, 0) is 53.1 Å². The summed E-state index contributed by atoms with van der Waals surface area (Å²) in [4.78, 5) is 14.3. The number of rotatable bonds is 8. The summed E-state index contributed by atoms with van der Waals surface area (Å²) in [5, 5.41) is 3.27. The molecule has 1 rings (SSSR count). The predicted octanol–water partition coefficient (Wildman–Crippen LogP) is 1.81. The minimum absolute atomic E-state index is 0.196. The highest BCUT2D eigenvalue weighted by molar-refractivity contribution is 5.80. The highest BCUT2D eigenvalue weighted by Gasteiger charge is 2.36. The van der Waals surface area contributed by atoms with Crippen molar-refractivity contribution >= 4 is 5.97 Å².